The second-order valence-electron chi connectivity index (χ2n) is 7.90. The molecule has 4 heteroatoms. The zero-order chi connectivity index (χ0) is 17.8. The van der Waals surface area contributed by atoms with E-state index >= 15 is 0 Å². The van der Waals surface area contributed by atoms with Crippen LogP contribution in [-0.2, 0) is 9.22 Å². The number of hydrogen-bond donors (Lipinski definition) is 0. The van der Waals surface area contributed by atoms with Gasteiger partial charge < -0.3 is 9.33 Å². The number of nitrogens with zero attached hydrogens (tertiary/aromatic N) is 1. The standard InChI is InChI=1S/C20H37NO2Si/c1-6-24(7-2,8-3)23-20(17(4)5)13-11-12-18(20)16-19(22)21-14-9-10-15-21/h18H,4,6-16H2,1-3,5H3/t18-,20+/m1/s1. The Hall–Kier alpha value is -0.613. The topological polar surface area (TPSA) is 29.5 Å². The van der Waals surface area contributed by atoms with Gasteiger partial charge in [-0.25, -0.2) is 0 Å². The summed E-state index contributed by atoms with van der Waals surface area (Å²) in [6.45, 7) is 15.2. The van der Waals surface area contributed by atoms with Crippen LogP contribution in [0.25, 0.3) is 0 Å². The monoisotopic (exact) mass is 351 g/mol. The molecule has 0 aromatic heterocycles. The molecule has 1 aliphatic carbocycles. The molecule has 1 heterocycles. The van der Waals surface area contributed by atoms with Crippen molar-refractivity contribution in [2.45, 2.75) is 90.0 Å². The van der Waals surface area contributed by atoms with E-state index in [1.54, 1.807) is 0 Å². The minimum Gasteiger partial charge on any atom is -0.407 e. The first-order valence-electron chi connectivity index (χ1n) is 10.1. The maximum Gasteiger partial charge on any atom is 0.222 e. The smallest absolute Gasteiger partial charge is 0.222 e. The van der Waals surface area contributed by atoms with Gasteiger partial charge >= 0.3 is 0 Å². The minimum absolute atomic E-state index is 0.246. The number of carbonyl (C=O) groups is 1. The molecule has 0 aromatic carbocycles. The molecule has 2 rings (SSSR count). The maximum atomic E-state index is 12.7. The maximum absolute atomic E-state index is 12.7. The van der Waals surface area contributed by atoms with Crippen LogP contribution in [0.4, 0.5) is 0 Å². The molecule has 0 unspecified atom stereocenters. The molecule has 0 N–H and O–H groups in total. The summed E-state index contributed by atoms with van der Waals surface area (Å²) < 4.78 is 7.04. The van der Waals surface area contributed by atoms with E-state index in [0.29, 0.717) is 18.2 Å². The first-order valence-corrected chi connectivity index (χ1v) is 12.6. The van der Waals surface area contributed by atoms with Crippen molar-refractivity contribution >= 4 is 14.2 Å². The van der Waals surface area contributed by atoms with E-state index in [2.05, 4.69) is 39.2 Å². The van der Waals surface area contributed by atoms with E-state index in [1.807, 2.05) is 0 Å². The zero-order valence-electron chi connectivity index (χ0n) is 16.3. The predicted molar refractivity (Wildman–Crippen MR) is 104 cm³/mol. The van der Waals surface area contributed by atoms with Gasteiger partial charge in [-0.3, -0.25) is 4.79 Å². The number of likely N-dealkylation sites (tertiary alicyclic amines) is 1. The lowest BCUT2D eigenvalue weighted by molar-refractivity contribution is -0.132. The third kappa shape index (κ3) is 3.80. The van der Waals surface area contributed by atoms with E-state index < -0.39 is 8.32 Å². The van der Waals surface area contributed by atoms with Gasteiger partial charge in [-0.05, 0) is 68.7 Å². The normalized spacial score (nSPS) is 27.7. The van der Waals surface area contributed by atoms with Crippen molar-refractivity contribution in [3.63, 3.8) is 0 Å². The van der Waals surface area contributed by atoms with Crippen molar-refractivity contribution in [3.05, 3.63) is 12.2 Å². The minimum atomic E-state index is -1.73. The van der Waals surface area contributed by atoms with Crippen molar-refractivity contribution in [1.29, 1.82) is 0 Å². The van der Waals surface area contributed by atoms with Crippen molar-refractivity contribution < 1.29 is 9.22 Å². The van der Waals surface area contributed by atoms with Crippen LogP contribution < -0.4 is 0 Å². The van der Waals surface area contributed by atoms with Crippen molar-refractivity contribution in [2.24, 2.45) is 5.92 Å². The Bertz CT molecular complexity index is 446. The van der Waals surface area contributed by atoms with Gasteiger partial charge in [0.2, 0.25) is 5.91 Å². The summed E-state index contributed by atoms with van der Waals surface area (Å²) in [5.41, 5.74) is 0.898. The van der Waals surface area contributed by atoms with Crippen LogP contribution >= 0.6 is 0 Å². The molecule has 1 saturated carbocycles. The Morgan fingerprint density at radius 3 is 2.25 bits per heavy atom. The molecule has 1 saturated heterocycles. The van der Waals surface area contributed by atoms with Gasteiger partial charge in [-0.2, -0.15) is 0 Å². The summed E-state index contributed by atoms with van der Waals surface area (Å²) in [4.78, 5) is 14.8. The second-order valence-corrected chi connectivity index (χ2v) is 12.6. The fraction of sp³-hybridized carbons (Fsp3) is 0.850. The number of amides is 1. The van der Waals surface area contributed by atoms with Gasteiger partial charge in [0.25, 0.3) is 0 Å². The lowest BCUT2D eigenvalue weighted by atomic mass is 9.83. The fourth-order valence-electron chi connectivity index (χ4n) is 4.76. The Morgan fingerprint density at radius 2 is 1.75 bits per heavy atom. The van der Waals surface area contributed by atoms with Gasteiger partial charge in [0.1, 0.15) is 0 Å². The van der Waals surface area contributed by atoms with Gasteiger partial charge in [0.15, 0.2) is 8.32 Å². The summed E-state index contributed by atoms with van der Waals surface area (Å²) in [5, 5.41) is 0. The summed E-state index contributed by atoms with van der Waals surface area (Å²) in [7, 11) is -1.73. The molecule has 138 valence electrons. The highest BCUT2D eigenvalue weighted by molar-refractivity contribution is 6.73. The predicted octanol–water partition coefficient (Wildman–Crippen LogP) is 5.14. The molecule has 0 spiro atoms. The van der Waals surface area contributed by atoms with E-state index in [0.717, 1.165) is 68.9 Å². The molecule has 2 aliphatic rings. The van der Waals surface area contributed by atoms with Crippen molar-refractivity contribution in [3.8, 4) is 0 Å². The van der Waals surface area contributed by atoms with Gasteiger partial charge in [0, 0.05) is 19.5 Å². The molecule has 2 atom stereocenters. The lowest BCUT2D eigenvalue weighted by Crippen LogP contribution is -2.50. The number of carbonyl (C=O) groups excluding carboxylic acids is 1. The second kappa shape index (κ2) is 8.18. The highest BCUT2D eigenvalue weighted by atomic mass is 28.4. The fourth-order valence-corrected chi connectivity index (χ4v) is 7.91. The average Bonchev–Trinajstić information content (AvgIpc) is 3.24. The SMILES string of the molecule is C=C(C)[C@@]1(O[Si](CC)(CC)CC)CCC[C@@H]1CC(=O)N1CCCC1. The molecule has 1 aliphatic heterocycles. The Balaban J connectivity index is 2.19. The molecular weight excluding hydrogens is 314 g/mol. The molecule has 3 nitrogen and oxygen atoms in total. The number of hydrogen-bond acceptors (Lipinski definition) is 2. The summed E-state index contributed by atoms with van der Waals surface area (Å²) in [5.74, 6) is 0.657. The average molecular weight is 352 g/mol. The summed E-state index contributed by atoms with van der Waals surface area (Å²) in [6, 6.07) is 3.46. The van der Waals surface area contributed by atoms with Crippen molar-refractivity contribution in [1.82, 2.24) is 4.90 Å². The molecule has 2 fully saturated rings. The van der Waals surface area contributed by atoms with Crippen LogP contribution in [0.1, 0.15) is 66.2 Å². The van der Waals surface area contributed by atoms with Crippen LogP contribution in [0.5, 0.6) is 0 Å². The van der Waals surface area contributed by atoms with Gasteiger partial charge in [-0.15, -0.1) is 0 Å². The highest BCUT2D eigenvalue weighted by Gasteiger charge is 2.50. The molecule has 24 heavy (non-hydrogen) atoms. The third-order valence-electron chi connectivity index (χ3n) is 6.69. The van der Waals surface area contributed by atoms with E-state index in [9.17, 15) is 4.79 Å². The van der Waals surface area contributed by atoms with E-state index in [1.165, 1.54) is 0 Å². The molecule has 0 aromatic rings. The summed E-state index contributed by atoms with van der Waals surface area (Å²) >= 11 is 0. The van der Waals surface area contributed by atoms with Gasteiger partial charge in [-0.1, -0.05) is 27.4 Å². The van der Waals surface area contributed by atoms with Crippen molar-refractivity contribution in [2.75, 3.05) is 13.1 Å². The molecule has 0 radical (unpaired) electrons. The Morgan fingerprint density at radius 1 is 1.17 bits per heavy atom. The third-order valence-corrected chi connectivity index (χ3v) is 11.4. The first kappa shape index (κ1) is 19.7. The first-order chi connectivity index (χ1) is 11.4. The number of rotatable bonds is 8. The van der Waals surface area contributed by atoms with Gasteiger partial charge in [0.05, 0.1) is 5.60 Å². The molecule has 1 amide bonds. The van der Waals surface area contributed by atoms with Crippen LogP contribution in [0.2, 0.25) is 18.1 Å². The molecular formula is C20H37NO2Si. The van der Waals surface area contributed by atoms with Crippen LogP contribution in [0.3, 0.4) is 0 Å². The van der Waals surface area contributed by atoms with Crippen LogP contribution in [-0.4, -0.2) is 37.8 Å². The zero-order valence-corrected chi connectivity index (χ0v) is 17.3. The molecule has 0 bridgehead atoms. The largest absolute Gasteiger partial charge is 0.407 e. The Kier molecular flexibility index (Phi) is 6.71. The summed E-state index contributed by atoms with van der Waals surface area (Å²) in [6.07, 6.45) is 6.29. The quantitative estimate of drug-likeness (QED) is 0.448. The van der Waals surface area contributed by atoms with Crippen LogP contribution in [0.15, 0.2) is 12.2 Å². The van der Waals surface area contributed by atoms with E-state index in [-0.39, 0.29) is 5.60 Å². The highest BCUT2D eigenvalue weighted by Crippen LogP contribution is 2.48. The Labute approximate surface area is 150 Å². The van der Waals surface area contributed by atoms with Crippen LogP contribution in [0, 0.1) is 5.92 Å². The van der Waals surface area contributed by atoms with E-state index in [4.69, 9.17) is 4.43 Å². The lowest BCUT2D eigenvalue weighted by Gasteiger charge is -2.45.